The lowest BCUT2D eigenvalue weighted by molar-refractivity contribution is 0.0964. The summed E-state index contributed by atoms with van der Waals surface area (Å²) in [5.74, 6) is 1.04. The molecule has 1 N–H and O–H groups in total. The van der Waals surface area contributed by atoms with Crippen LogP contribution < -0.4 is 0 Å². The minimum absolute atomic E-state index is 0.231. The maximum atomic E-state index is 12.1. The summed E-state index contributed by atoms with van der Waals surface area (Å²) in [5, 5.41) is 1.67. The average molecular weight is 234 g/mol. The number of rotatable bonds is 2. The predicted molar refractivity (Wildman–Crippen MR) is 64.9 cm³/mol. The first-order chi connectivity index (χ1) is 7.66. The summed E-state index contributed by atoms with van der Waals surface area (Å²) in [5.41, 5.74) is 1.74. The molecule has 2 unspecified atom stereocenters. The van der Waals surface area contributed by atoms with E-state index in [0.717, 1.165) is 22.9 Å². The third-order valence-electron chi connectivity index (χ3n) is 3.36. The van der Waals surface area contributed by atoms with Crippen molar-refractivity contribution in [1.29, 1.82) is 0 Å². The van der Waals surface area contributed by atoms with E-state index in [1.807, 2.05) is 18.2 Å². The van der Waals surface area contributed by atoms with Crippen molar-refractivity contribution in [1.82, 2.24) is 4.98 Å². The van der Waals surface area contributed by atoms with Crippen LogP contribution in [0.1, 0.15) is 23.7 Å². The number of aromatic nitrogens is 1. The largest absolute Gasteiger partial charge is 0.360 e. The van der Waals surface area contributed by atoms with Crippen molar-refractivity contribution in [3.05, 3.63) is 35.0 Å². The fourth-order valence-corrected chi connectivity index (χ4v) is 2.36. The Hall–Kier alpha value is -1.28. The van der Waals surface area contributed by atoms with E-state index in [0.29, 0.717) is 10.9 Å². The molecular weight excluding hydrogens is 222 g/mol. The molecule has 82 valence electrons. The van der Waals surface area contributed by atoms with Crippen LogP contribution in [0.4, 0.5) is 0 Å². The molecule has 0 amide bonds. The third-order valence-corrected chi connectivity index (χ3v) is 3.59. The van der Waals surface area contributed by atoms with Crippen LogP contribution in [0.2, 0.25) is 5.02 Å². The lowest BCUT2D eigenvalue weighted by atomic mass is 10.1. The van der Waals surface area contributed by atoms with Crippen molar-refractivity contribution in [2.75, 3.05) is 0 Å². The maximum absolute atomic E-state index is 12.1. The second-order valence-electron chi connectivity index (χ2n) is 4.58. The molecule has 0 radical (unpaired) electrons. The number of carbonyl (C=O) groups excluding carboxylic acids is 1. The number of halogens is 1. The Labute approximate surface area is 98.6 Å². The zero-order chi connectivity index (χ0) is 11.3. The first-order valence-corrected chi connectivity index (χ1v) is 5.85. The van der Waals surface area contributed by atoms with Crippen LogP contribution >= 0.6 is 11.6 Å². The Balaban J connectivity index is 2.07. The highest BCUT2D eigenvalue weighted by Gasteiger charge is 2.40. The molecule has 0 spiro atoms. The van der Waals surface area contributed by atoms with Gasteiger partial charge in [0.2, 0.25) is 0 Å². The highest BCUT2D eigenvalue weighted by molar-refractivity contribution is 6.31. The predicted octanol–water partition coefficient (Wildman–Crippen LogP) is 3.66. The zero-order valence-electron chi connectivity index (χ0n) is 8.96. The number of hydrogen-bond donors (Lipinski definition) is 1. The fourth-order valence-electron chi connectivity index (χ4n) is 2.19. The van der Waals surface area contributed by atoms with E-state index >= 15 is 0 Å². The standard InChI is InChI=1S/C13H12ClNO/c1-7-4-10(7)13(16)11-6-15-12-5-8(14)2-3-9(11)12/h2-3,5-7,10,15H,4H2,1H3. The lowest BCUT2D eigenvalue weighted by Crippen LogP contribution is -2.01. The van der Waals surface area contributed by atoms with Gasteiger partial charge in [-0.15, -0.1) is 0 Å². The Morgan fingerprint density at radius 2 is 2.25 bits per heavy atom. The summed E-state index contributed by atoms with van der Waals surface area (Å²) in [4.78, 5) is 15.2. The van der Waals surface area contributed by atoms with Crippen molar-refractivity contribution < 1.29 is 4.79 Å². The molecular formula is C13H12ClNO. The van der Waals surface area contributed by atoms with Crippen LogP contribution in [0.5, 0.6) is 0 Å². The molecule has 1 aromatic heterocycles. The first-order valence-electron chi connectivity index (χ1n) is 5.47. The van der Waals surface area contributed by atoms with Crippen molar-refractivity contribution >= 4 is 28.3 Å². The van der Waals surface area contributed by atoms with Crippen LogP contribution in [0.3, 0.4) is 0 Å². The molecule has 1 fully saturated rings. The van der Waals surface area contributed by atoms with Crippen molar-refractivity contribution in [3.63, 3.8) is 0 Å². The Kier molecular flexibility index (Phi) is 2.08. The van der Waals surface area contributed by atoms with Crippen LogP contribution in [-0.2, 0) is 0 Å². The van der Waals surface area contributed by atoms with Crippen molar-refractivity contribution in [3.8, 4) is 0 Å². The van der Waals surface area contributed by atoms with Gasteiger partial charge in [0.15, 0.2) is 5.78 Å². The van der Waals surface area contributed by atoms with E-state index < -0.39 is 0 Å². The van der Waals surface area contributed by atoms with Gasteiger partial charge < -0.3 is 4.98 Å². The van der Waals surface area contributed by atoms with E-state index in [1.165, 1.54) is 0 Å². The molecule has 3 rings (SSSR count). The summed E-state index contributed by atoms with van der Waals surface area (Å²) >= 11 is 5.90. The number of hydrogen-bond acceptors (Lipinski definition) is 1. The third kappa shape index (κ3) is 1.45. The lowest BCUT2D eigenvalue weighted by Gasteiger charge is -1.97. The summed E-state index contributed by atoms with van der Waals surface area (Å²) in [6.45, 7) is 2.12. The highest BCUT2D eigenvalue weighted by Crippen LogP contribution is 2.41. The molecule has 0 saturated heterocycles. The molecule has 1 heterocycles. The van der Waals surface area contributed by atoms with Crippen LogP contribution in [0.25, 0.3) is 10.9 Å². The summed E-state index contributed by atoms with van der Waals surface area (Å²) in [6, 6.07) is 5.59. The van der Waals surface area contributed by atoms with Gasteiger partial charge in [-0.25, -0.2) is 0 Å². The molecule has 1 aromatic carbocycles. The Morgan fingerprint density at radius 1 is 1.50 bits per heavy atom. The Morgan fingerprint density at radius 3 is 2.94 bits per heavy atom. The van der Waals surface area contributed by atoms with Crippen molar-refractivity contribution in [2.45, 2.75) is 13.3 Å². The van der Waals surface area contributed by atoms with E-state index in [-0.39, 0.29) is 11.7 Å². The number of aromatic amines is 1. The number of carbonyl (C=O) groups is 1. The van der Waals surface area contributed by atoms with Crippen LogP contribution in [-0.4, -0.2) is 10.8 Å². The molecule has 1 aliphatic carbocycles. The van der Waals surface area contributed by atoms with Gasteiger partial charge in [0.25, 0.3) is 0 Å². The molecule has 3 heteroatoms. The number of benzene rings is 1. The van der Waals surface area contributed by atoms with E-state index in [4.69, 9.17) is 11.6 Å². The minimum atomic E-state index is 0.231. The maximum Gasteiger partial charge on any atom is 0.168 e. The van der Waals surface area contributed by atoms with Gasteiger partial charge in [-0.3, -0.25) is 4.79 Å². The quantitative estimate of drug-likeness (QED) is 0.789. The van der Waals surface area contributed by atoms with E-state index in [2.05, 4.69) is 11.9 Å². The van der Waals surface area contributed by atoms with E-state index in [1.54, 1.807) is 6.20 Å². The van der Waals surface area contributed by atoms with Gasteiger partial charge in [0.1, 0.15) is 0 Å². The number of Topliss-reactive ketones (excluding diaryl/α,β-unsaturated/α-hetero) is 1. The van der Waals surface area contributed by atoms with Crippen LogP contribution in [0, 0.1) is 11.8 Å². The number of fused-ring (bicyclic) bond motifs is 1. The molecule has 2 atom stereocenters. The Bertz CT molecular complexity index is 572. The first kappa shape index (κ1) is 9.91. The molecule has 2 aromatic rings. The molecule has 16 heavy (non-hydrogen) atoms. The van der Waals surface area contributed by atoms with Gasteiger partial charge in [0.05, 0.1) is 0 Å². The number of ketones is 1. The second-order valence-corrected chi connectivity index (χ2v) is 5.01. The van der Waals surface area contributed by atoms with Gasteiger partial charge >= 0.3 is 0 Å². The second kappa shape index (κ2) is 3.36. The molecule has 2 nitrogen and oxygen atoms in total. The monoisotopic (exact) mass is 233 g/mol. The van der Waals surface area contributed by atoms with Gasteiger partial charge in [-0.1, -0.05) is 24.6 Å². The van der Waals surface area contributed by atoms with Gasteiger partial charge in [-0.2, -0.15) is 0 Å². The minimum Gasteiger partial charge on any atom is -0.360 e. The van der Waals surface area contributed by atoms with Crippen molar-refractivity contribution in [2.24, 2.45) is 11.8 Å². The molecule has 1 aliphatic rings. The molecule has 0 aliphatic heterocycles. The highest BCUT2D eigenvalue weighted by atomic mass is 35.5. The van der Waals surface area contributed by atoms with Gasteiger partial charge in [-0.05, 0) is 24.5 Å². The average Bonchev–Trinajstić information content (AvgIpc) is 2.84. The summed E-state index contributed by atoms with van der Waals surface area (Å²) in [6.07, 6.45) is 2.83. The van der Waals surface area contributed by atoms with Crippen LogP contribution in [0.15, 0.2) is 24.4 Å². The normalized spacial score (nSPS) is 23.6. The summed E-state index contributed by atoms with van der Waals surface area (Å²) in [7, 11) is 0. The fraction of sp³-hybridized carbons (Fsp3) is 0.308. The number of H-pyrrole nitrogens is 1. The smallest absolute Gasteiger partial charge is 0.168 e. The van der Waals surface area contributed by atoms with E-state index in [9.17, 15) is 4.79 Å². The zero-order valence-corrected chi connectivity index (χ0v) is 9.71. The topological polar surface area (TPSA) is 32.9 Å². The summed E-state index contributed by atoms with van der Waals surface area (Å²) < 4.78 is 0. The molecule has 1 saturated carbocycles. The SMILES string of the molecule is CC1CC1C(=O)c1c[nH]c2cc(Cl)ccc12. The molecule has 0 bridgehead atoms. The van der Waals surface area contributed by atoms with Gasteiger partial charge in [0, 0.05) is 33.6 Å². The number of nitrogens with one attached hydrogen (secondary N) is 1.